The third kappa shape index (κ3) is 3.58. The first kappa shape index (κ1) is 13.6. The topological polar surface area (TPSA) is 26.0 Å². The van der Waals surface area contributed by atoms with Gasteiger partial charge in [-0.1, -0.05) is 24.3 Å². The molecular weight excluding hydrogens is 251 g/mol. The molecule has 0 saturated carbocycles. The average molecular weight is 265 g/mol. The molecule has 2 rings (SSSR count). The Labute approximate surface area is 109 Å². The van der Waals surface area contributed by atoms with E-state index in [1.807, 2.05) is 0 Å². The Balaban J connectivity index is 2.03. The van der Waals surface area contributed by atoms with Crippen LogP contribution in [0.1, 0.15) is 11.1 Å². The minimum atomic E-state index is -0.869. The molecule has 100 valence electrons. The van der Waals surface area contributed by atoms with E-state index in [0.717, 1.165) is 11.6 Å². The number of hydrogen-bond acceptors (Lipinski definition) is 1. The van der Waals surface area contributed by atoms with E-state index in [1.54, 1.807) is 12.1 Å². The lowest BCUT2D eigenvalue weighted by molar-refractivity contribution is 0.492. The highest BCUT2D eigenvalue weighted by Gasteiger charge is 2.12. The number of rotatable bonds is 4. The van der Waals surface area contributed by atoms with Gasteiger partial charge in [-0.15, -0.1) is 0 Å². The quantitative estimate of drug-likeness (QED) is 0.902. The Hall–Kier alpha value is -1.81. The van der Waals surface area contributed by atoms with Crippen molar-refractivity contribution in [1.82, 2.24) is 0 Å². The molecule has 4 heteroatoms. The van der Waals surface area contributed by atoms with E-state index in [9.17, 15) is 13.2 Å². The van der Waals surface area contributed by atoms with Gasteiger partial charge < -0.3 is 5.73 Å². The number of hydrogen-bond donors (Lipinski definition) is 1. The van der Waals surface area contributed by atoms with Gasteiger partial charge in [0, 0.05) is 6.04 Å². The van der Waals surface area contributed by atoms with Gasteiger partial charge in [0.25, 0.3) is 0 Å². The van der Waals surface area contributed by atoms with Crippen molar-refractivity contribution in [2.45, 2.75) is 18.9 Å². The second-order valence-corrected chi connectivity index (χ2v) is 4.51. The summed E-state index contributed by atoms with van der Waals surface area (Å²) < 4.78 is 39.3. The minimum Gasteiger partial charge on any atom is -0.327 e. The van der Waals surface area contributed by atoms with Crippen LogP contribution in [0.5, 0.6) is 0 Å². The molecule has 0 heterocycles. The third-order valence-electron chi connectivity index (χ3n) is 2.92. The van der Waals surface area contributed by atoms with Crippen LogP contribution < -0.4 is 5.73 Å². The second kappa shape index (κ2) is 5.89. The van der Waals surface area contributed by atoms with E-state index >= 15 is 0 Å². The number of nitrogens with two attached hydrogens (primary N) is 1. The molecule has 0 aliphatic heterocycles. The van der Waals surface area contributed by atoms with E-state index in [2.05, 4.69) is 0 Å². The minimum absolute atomic E-state index is 0.237. The molecule has 2 N–H and O–H groups in total. The van der Waals surface area contributed by atoms with Crippen molar-refractivity contribution >= 4 is 0 Å². The molecule has 0 bridgehead atoms. The van der Waals surface area contributed by atoms with Crippen molar-refractivity contribution in [3.63, 3.8) is 0 Å². The van der Waals surface area contributed by atoms with Crippen molar-refractivity contribution in [3.8, 4) is 0 Å². The summed E-state index contributed by atoms with van der Waals surface area (Å²) in [6, 6.07) is 9.68. The molecule has 2 aromatic rings. The Kier molecular flexibility index (Phi) is 4.22. The molecule has 0 radical (unpaired) electrons. The summed E-state index contributed by atoms with van der Waals surface area (Å²) >= 11 is 0. The smallest absolute Gasteiger partial charge is 0.162 e. The normalized spacial score (nSPS) is 12.4. The van der Waals surface area contributed by atoms with Crippen molar-refractivity contribution in [1.29, 1.82) is 0 Å². The van der Waals surface area contributed by atoms with Crippen LogP contribution in [-0.4, -0.2) is 6.04 Å². The lowest BCUT2D eigenvalue weighted by Crippen LogP contribution is -2.26. The molecule has 2 aromatic carbocycles. The maximum absolute atomic E-state index is 13.5. The Morgan fingerprint density at radius 2 is 1.58 bits per heavy atom. The molecule has 1 unspecified atom stereocenters. The molecule has 19 heavy (non-hydrogen) atoms. The third-order valence-corrected chi connectivity index (χ3v) is 2.92. The fourth-order valence-electron chi connectivity index (χ4n) is 1.98. The van der Waals surface area contributed by atoms with Crippen LogP contribution in [0.25, 0.3) is 0 Å². The summed E-state index contributed by atoms with van der Waals surface area (Å²) in [6.07, 6.45) is 0.719. The molecule has 1 nitrogen and oxygen atoms in total. The largest absolute Gasteiger partial charge is 0.327 e. The summed E-state index contributed by atoms with van der Waals surface area (Å²) in [5.41, 5.74) is 7.04. The Morgan fingerprint density at radius 1 is 0.895 bits per heavy atom. The lowest BCUT2D eigenvalue weighted by Gasteiger charge is -2.12. The standard InChI is InChI=1S/C15H14F3N/c16-12-6-4-10(5-7-12)8-13(19)9-11-2-1-3-14(17)15(11)18/h1-7,13H,8-9,19H2. The highest BCUT2D eigenvalue weighted by molar-refractivity contribution is 5.22. The van der Waals surface area contributed by atoms with Gasteiger partial charge in [0.1, 0.15) is 5.82 Å². The maximum Gasteiger partial charge on any atom is 0.162 e. The highest BCUT2D eigenvalue weighted by atomic mass is 19.2. The van der Waals surface area contributed by atoms with E-state index in [-0.39, 0.29) is 23.8 Å². The van der Waals surface area contributed by atoms with E-state index < -0.39 is 11.6 Å². The molecule has 0 saturated heterocycles. The Morgan fingerprint density at radius 3 is 2.26 bits per heavy atom. The van der Waals surface area contributed by atoms with Crippen LogP contribution in [0.3, 0.4) is 0 Å². The van der Waals surface area contributed by atoms with Gasteiger partial charge in [-0.05, 0) is 42.2 Å². The maximum atomic E-state index is 13.5. The van der Waals surface area contributed by atoms with Crippen molar-refractivity contribution in [2.75, 3.05) is 0 Å². The summed E-state index contributed by atoms with van der Waals surface area (Å²) in [7, 11) is 0. The van der Waals surface area contributed by atoms with Crippen LogP contribution in [0.4, 0.5) is 13.2 Å². The first-order valence-electron chi connectivity index (χ1n) is 5.99. The van der Waals surface area contributed by atoms with E-state index in [0.29, 0.717) is 6.42 Å². The first-order valence-corrected chi connectivity index (χ1v) is 5.99. The van der Waals surface area contributed by atoms with Gasteiger partial charge in [0.05, 0.1) is 0 Å². The van der Waals surface area contributed by atoms with Gasteiger partial charge in [0.2, 0.25) is 0 Å². The molecule has 0 aliphatic rings. The molecular formula is C15H14F3N. The summed E-state index contributed by atoms with van der Waals surface area (Å²) in [5, 5.41) is 0. The zero-order valence-corrected chi connectivity index (χ0v) is 10.2. The van der Waals surface area contributed by atoms with Crippen LogP contribution >= 0.6 is 0 Å². The summed E-state index contributed by atoms with van der Waals surface area (Å²) in [6.45, 7) is 0. The Bertz CT molecular complexity index is 552. The zero-order chi connectivity index (χ0) is 13.8. The van der Waals surface area contributed by atoms with Crippen LogP contribution in [0, 0.1) is 17.5 Å². The fourth-order valence-corrected chi connectivity index (χ4v) is 1.98. The fraction of sp³-hybridized carbons (Fsp3) is 0.200. The zero-order valence-electron chi connectivity index (χ0n) is 10.2. The van der Waals surface area contributed by atoms with Crippen LogP contribution in [-0.2, 0) is 12.8 Å². The number of benzene rings is 2. The van der Waals surface area contributed by atoms with Gasteiger partial charge in [0.15, 0.2) is 11.6 Å². The van der Waals surface area contributed by atoms with E-state index in [1.165, 1.54) is 24.3 Å². The first-order chi connectivity index (χ1) is 9.06. The predicted molar refractivity (Wildman–Crippen MR) is 68.1 cm³/mol. The van der Waals surface area contributed by atoms with Crippen molar-refractivity contribution in [3.05, 3.63) is 71.0 Å². The summed E-state index contributed by atoms with van der Waals surface area (Å²) in [4.78, 5) is 0. The molecule has 0 amide bonds. The lowest BCUT2D eigenvalue weighted by atomic mass is 9.99. The van der Waals surface area contributed by atoms with Crippen LogP contribution in [0.15, 0.2) is 42.5 Å². The average Bonchev–Trinajstić information content (AvgIpc) is 2.38. The van der Waals surface area contributed by atoms with E-state index in [4.69, 9.17) is 5.73 Å². The molecule has 0 aromatic heterocycles. The van der Waals surface area contributed by atoms with Gasteiger partial charge in [-0.25, -0.2) is 13.2 Å². The molecule has 0 aliphatic carbocycles. The molecule has 0 spiro atoms. The molecule has 0 fully saturated rings. The predicted octanol–water partition coefficient (Wildman–Crippen LogP) is 3.22. The molecule has 1 atom stereocenters. The van der Waals surface area contributed by atoms with Gasteiger partial charge >= 0.3 is 0 Å². The SMILES string of the molecule is NC(Cc1ccc(F)cc1)Cc1cccc(F)c1F. The van der Waals surface area contributed by atoms with Crippen molar-refractivity contribution < 1.29 is 13.2 Å². The highest BCUT2D eigenvalue weighted by Crippen LogP contribution is 2.14. The summed E-state index contributed by atoms with van der Waals surface area (Å²) in [5.74, 6) is -2.03. The van der Waals surface area contributed by atoms with Gasteiger partial charge in [-0.2, -0.15) is 0 Å². The monoisotopic (exact) mass is 265 g/mol. The van der Waals surface area contributed by atoms with Gasteiger partial charge in [-0.3, -0.25) is 0 Å². The number of halogens is 3. The van der Waals surface area contributed by atoms with Crippen molar-refractivity contribution in [2.24, 2.45) is 5.73 Å². The van der Waals surface area contributed by atoms with Crippen LogP contribution in [0.2, 0.25) is 0 Å². The second-order valence-electron chi connectivity index (χ2n) is 4.51.